The molecule has 0 rings (SSSR count). The molecule has 7 heteroatoms. The van der Waals surface area contributed by atoms with Crippen molar-refractivity contribution in [1.29, 1.82) is 0 Å². The van der Waals surface area contributed by atoms with E-state index in [0.717, 1.165) is 0 Å². The van der Waals surface area contributed by atoms with E-state index in [1.807, 2.05) is 0 Å². The molecule has 0 amide bonds. The van der Waals surface area contributed by atoms with E-state index >= 15 is 0 Å². The summed E-state index contributed by atoms with van der Waals surface area (Å²) < 4.78 is 17.3. The van der Waals surface area contributed by atoms with Crippen LogP contribution in [0.1, 0.15) is 20.8 Å². The summed E-state index contributed by atoms with van der Waals surface area (Å²) in [5.41, 5.74) is 0. The van der Waals surface area contributed by atoms with Gasteiger partial charge in [-0.1, -0.05) is 0 Å². The smallest absolute Gasteiger partial charge is 0.322 e. The van der Waals surface area contributed by atoms with Crippen molar-refractivity contribution in [1.82, 2.24) is 4.67 Å². The fourth-order valence-electron chi connectivity index (χ4n) is 0.873. The van der Waals surface area contributed by atoms with Gasteiger partial charge in [-0.2, -0.15) is 0 Å². The Labute approximate surface area is 93.5 Å². The molecule has 0 bridgehead atoms. The summed E-state index contributed by atoms with van der Waals surface area (Å²) in [6.07, 6.45) is 0. The first-order chi connectivity index (χ1) is 6.29. The van der Waals surface area contributed by atoms with Gasteiger partial charge in [0.05, 0.1) is 6.61 Å². The molecule has 0 radical (unpaired) electrons. The highest BCUT2D eigenvalue weighted by atomic mass is 35.9. The number of carbonyl (C=O) groups excluding carboxylic acids is 1. The van der Waals surface area contributed by atoms with Crippen LogP contribution in [0.3, 0.4) is 0 Å². The van der Waals surface area contributed by atoms with Crippen molar-refractivity contribution in [3.8, 4) is 0 Å². The molecular weight excluding hydrogens is 248 g/mol. The molecular formula is C7H14Cl2NO3P. The molecule has 0 aromatic heterocycles. The van der Waals surface area contributed by atoms with Crippen LogP contribution in [0.2, 0.25) is 0 Å². The summed E-state index contributed by atoms with van der Waals surface area (Å²) in [6, 6.07) is -0.180. The first kappa shape index (κ1) is 14.2. The minimum Gasteiger partial charge on any atom is -0.465 e. The number of carbonyl (C=O) groups is 1. The van der Waals surface area contributed by atoms with Crippen molar-refractivity contribution >= 4 is 34.4 Å². The fraction of sp³-hybridized carbons (Fsp3) is 0.857. The first-order valence-corrected chi connectivity index (χ1v) is 7.68. The summed E-state index contributed by atoms with van der Waals surface area (Å²) in [5.74, 6) is -3.92. The van der Waals surface area contributed by atoms with E-state index in [1.165, 1.54) is 4.67 Å². The molecule has 0 fully saturated rings. The lowest BCUT2D eigenvalue weighted by Crippen LogP contribution is -2.31. The quantitative estimate of drug-likeness (QED) is 0.564. The van der Waals surface area contributed by atoms with E-state index < -0.39 is 12.0 Å². The highest BCUT2D eigenvalue weighted by Gasteiger charge is 2.30. The van der Waals surface area contributed by atoms with E-state index in [1.54, 1.807) is 20.8 Å². The van der Waals surface area contributed by atoms with Crippen LogP contribution in [0.4, 0.5) is 0 Å². The lowest BCUT2D eigenvalue weighted by Gasteiger charge is -2.25. The summed E-state index contributed by atoms with van der Waals surface area (Å²) in [7, 11) is 0. The van der Waals surface area contributed by atoms with Gasteiger partial charge in [0.1, 0.15) is 6.54 Å². The van der Waals surface area contributed by atoms with E-state index in [9.17, 15) is 9.36 Å². The molecule has 0 unspecified atom stereocenters. The Morgan fingerprint density at radius 3 is 2.29 bits per heavy atom. The number of ether oxygens (including phenoxy) is 1. The molecule has 14 heavy (non-hydrogen) atoms. The Morgan fingerprint density at radius 1 is 1.50 bits per heavy atom. The molecule has 0 atom stereocenters. The van der Waals surface area contributed by atoms with E-state index in [2.05, 4.69) is 0 Å². The van der Waals surface area contributed by atoms with Crippen molar-refractivity contribution in [2.45, 2.75) is 26.8 Å². The standard InChI is InChI=1S/C7H14Cl2NO3P/c1-4-13-7(11)5-10(6(2)3)14(8,9)12/h6H,4-5H2,1-3H3. The van der Waals surface area contributed by atoms with Crippen LogP contribution in [0.15, 0.2) is 0 Å². The van der Waals surface area contributed by atoms with Gasteiger partial charge >= 0.3 is 12.0 Å². The summed E-state index contributed by atoms with van der Waals surface area (Å²) >= 11 is 11.0. The van der Waals surface area contributed by atoms with Crippen LogP contribution in [0, 0.1) is 0 Å². The van der Waals surface area contributed by atoms with Crippen LogP contribution in [-0.2, 0) is 14.1 Å². The van der Waals surface area contributed by atoms with Gasteiger partial charge in [-0.3, -0.25) is 9.36 Å². The van der Waals surface area contributed by atoms with E-state index in [4.69, 9.17) is 27.2 Å². The lowest BCUT2D eigenvalue weighted by molar-refractivity contribution is -0.143. The Kier molecular flexibility index (Phi) is 6.06. The molecule has 0 saturated carbocycles. The van der Waals surface area contributed by atoms with Crippen LogP contribution in [0.5, 0.6) is 0 Å². The number of hydrogen-bond donors (Lipinski definition) is 0. The Bertz CT molecular complexity index is 241. The number of nitrogens with zero attached hydrogens (tertiary/aromatic N) is 1. The number of hydrogen-bond acceptors (Lipinski definition) is 3. The van der Waals surface area contributed by atoms with Gasteiger partial charge in [0.2, 0.25) is 0 Å². The van der Waals surface area contributed by atoms with Gasteiger partial charge in [0.15, 0.2) is 0 Å². The average Bonchev–Trinajstić information content (AvgIpc) is 1.98. The number of rotatable bonds is 5. The molecule has 4 nitrogen and oxygen atoms in total. The molecule has 0 aliphatic heterocycles. The van der Waals surface area contributed by atoms with Gasteiger partial charge in [-0.25, -0.2) is 4.67 Å². The first-order valence-electron chi connectivity index (χ1n) is 4.21. The summed E-state index contributed by atoms with van der Waals surface area (Å²) in [4.78, 5) is 11.1. The van der Waals surface area contributed by atoms with E-state index in [0.29, 0.717) is 0 Å². The van der Waals surface area contributed by atoms with Gasteiger partial charge in [-0.15, -0.1) is 0 Å². The van der Waals surface area contributed by atoms with Crippen molar-refractivity contribution in [3.05, 3.63) is 0 Å². The van der Waals surface area contributed by atoms with Crippen LogP contribution < -0.4 is 0 Å². The van der Waals surface area contributed by atoms with Gasteiger partial charge < -0.3 is 4.74 Å². The summed E-state index contributed by atoms with van der Waals surface area (Å²) in [6.45, 7) is 5.31. The predicted octanol–water partition coefficient (Wildman–Crippen LogP) is 2.85. The monoisotopic (exact) mass is 261 g/mol. The molecule has 0 N–H and O–H groups in total. The van der Waals surface area contributed by atoms with Crippen molar-refractivity contribution in [2.75, 3.05) is 13.2 Å². The highest BCUT2D eigenvalue weighted by Crippen LogP contribution is 2.60. The normalized spacial score (nSPS) is 12.2. The third-order valence-corrected chi connectivity index (χ3v) is 3.86. The number of halogens is 2. The SMILES string of the molecule is CCOC(=O)CN(C(C)C)P(=O)(Cl)Cl. The topological polar surface area (TPSA) is 46.6 Å². The molecule has 84 valence electrons. The van der Waals surface area contributed by atoms with E-state index in [-0.39, 0.29) is 19.2 Å². The molecule has 0 aromatic rings. The minimum atomic E-state index is -3.43. The zero-order valence-corrected chi connectivity index (χ0v) is 10.8. The molecule has 0 aliphatic carbocycles. The maximum atomic E-state index is 11.3. The zero-order chi connectivity index (χ0) is 11.4. The second-order valence-electron chi connectivity index (χ2n) is 2.93. The molecule has 0 aromatic carbocycles. The second kappa shape index (κ2) is 5.96. The van der Waals surface area contributed by atoms with Crippen LogP contribution >= 0.6 is 28.5 Å². The summed E-state index contributed by atoms with van der Waals surface area (Å²) in [5, 5.41) is 0. The molecule has 0 saturated heterocycles. The second-order valence-corrected chi connectivity index (χ2v) is 7.58. The van der Waals surface area contributed by atoms with Crippen LogP contribution in [0.25, 0.3) is 0 Å². The largest absolute Gasteiger partial charge is 0.465 e. The zero-order valence-electron chi connectivity index (χ0n) is 8.37. The predicted molar refractivity (Wildman–Crippen MR) is 57.8 cm³/mol. The van der Waals surface area contributed by atoms with Crippen molar-refractivity contribution in [2.24, 2.45) is 0 Å². The fourth-order valence-corrected chi connectivity index (χ4v) is 3.06. The van der Waals surface area contributed by atoms with Gasteiger partial charge in [0.25, 0.3) is 0 Å². The molecule has 0 spiro atoms. The van der Waals surface area contributed by atoms with Gasteiger partial charge in [0, 0.05) is 6.04 Å². The third kappa shape index (κ3) is 5.20. The Balaban J connectivity index is 4.40. The van der Waals surface area contributed by atoms with Crippen molar-refractivity contribution in [3.63, 3.8) is 0 Å². The van der Waals surface area contributed by atoms with Gasteiger partial charge in [-0.05, 0) is 43.3 Å². The lowest BCUT2D eigenvalue weighted by atomic mass is 10.4. The Hall–Kier alpha value is 0.240. The number of esters is 1. The maximum absolute atomic E-state index is 11.3. The molecule has 0 heterocycles. The average molecular weight is 262 g/mol. The Morgan fingerprint density at radius 2 is 2.00 bits per heavy atom. The molecule has 0 aliphatic rings. The van der Waals surface area contributed by atoms with Crippen molar-refractivity contribution < 1.29 is 14.1 Å². The maximum Gasteiger partial charge on any atom is 0.322 e. The minimum absolute atomic E-state index is 0.157. The third-order valence-electron chi connectivity index (χ3n) is 1.49. The van der Waals surface area contributed by atoms with Crippen LogP contribution in [-0.4, -0.2) is 29.8 Å². The highest BCUT2D eigenvalue weighted by molar-refractivity contribution is 8.06.